The van der Waals surface area contributed by atoms with Gasteiger partial charge in [0.25, 0.3) is 5.91 Å². The molecule has 0 bridgehead atoms. The highest BCUT2D eigenvalue weighted by Crippen LogP contribution is 2.27. The third-order valence-corrected chi connectivity index (χ3v) is 4.29. The highest BCUT2D eigenvalue weighted by atomic mass is 35.5. The molecule has 2 unspecified atom stereocenters. The molecule has 1 aliphatic carbocycles. The summed E-state index contributed by atoms with van der Waals surface area (Å²) >= 11 is 6.36. The van der Waals surface area contributed by atoms with Gasteiger partial charge >= 0.3 is 0 Å². The van der Waals surface area contributed by atoms with Gasteiger partial charge < -0.3 is 4.90 Å². The lowest BCUT2D eigenvalue weighted by Crippen LogP contribution is -2.44. The predicted molar refractivity (Wildman–Crippen MR) is 77.7 cm³/mol. The summed E-state index contributed by atoms with van der Waals surface area (Å²) in [7, 11) is 1.84. The Morgan fingerprint density at radius 1 is 1.32 bits per heavy atom. The van der Waals surface area contributed by atoms with Gasteiger partial charge in [0.1, 0.15) is 5.69 Å². The molecule has 2 atom stereocenters. The van der Waals surface area contributed by atoms with Crippen LogP contribution in [0.2, 0.25) is 0 Å². The summed E-state index contributed by atoms with van der Waals surface area (Å²) in [6.07, 6.45) is 4.28. The van der Waals surface area contributed by atoms with Gasteiger partial charge in [-0.3, -0.25) is 4.79 Å². The number of rotatable bonds is 2. The molecule has 0 N–H and O–H groups in total. The number of aromatic nitrogens is 1. The Bertz CT molecular complexity index is 455. The molecule has 1 aromatic heterocycles. The van der Waals surface area contributed by atoms with Gasteiger partial charge in [0, 0.05) is 18.8 Å². The first-order chi connectivity index (χ1) is 8.99. The standard InChI is InChI=1S/C15H21ClN2O/c1-10-8-11(2)17-13(9-10)15(19)18(3)14-7-5-4-6-12(14)16/h8-9,12,14H,4-7H2,1-3H3. The van der Waals surface area contributed by atoms with Crippen molar-refractivity contribution in [3.8, 4) is 0 Å². The van der Waals surface area contributed by atoms with E-state index >= 15 is 0 Å². The van der Waals surface area contributed by atoms with Crippen LogP contribution in [0.15, 0.2) is 12.1 Å². The molecule has 19 heavy (non-hydrogen) atoms. The molecule has 1 aliphatic rings. The van der Waals surface area contributed by atoms with Crippen molar-refractivity contribution in [3.63, 3.8) is 0 Å². The Morgan fingerprint density at radius 2 is 2.00 bits per heavy atom. The van der Waals surface area contributed by atoms with Gasteiger partial charge in [-0.1, -0.05) is 12.8 Å². The summed E-state index contributed by atoms with van der Waals surface area (Å²) in [6, 6.07) is 3.95. The van der Waals surface area contributed by atoms with E-state index in [1.165, 1.54) is 0 Å². The molecular formula is C15H21ClN2O. The van der Waals surface area contributed by atoms with E-state index in [2.05, 4.69) is 4.98 Å². The monoisotopic (exact) mass is 280 g/mol. The molecule has 0 radical (unpaired) electrons. The van der Waals surface area contributed by atoms with Crippen molar-refractivity contribution < 1.29 is 4.79 Å². The van der Waals surface area contributed by atoms with E-state index in [-0.39, 0.29) is 17.3 Å². The summed E-state index contributed by atoms with van der Waals surface area (Å²) in [5.74, 6) is -0.0237. The van der Waals surface area contributed by atoms with E-state index in [1.54, 1.807) is 4.90 Å². The summed E-state index contributed by atoms with van der Waals surface area (Å²) < 4.78 is 0. The lowest BCUT2D eigenvalue weighted by molar-refractivity contribution is 0.0694. The summed E-state index contributed by atoms with van der Waals surface area (Å²) in [5, 5.41) is 0.0635. The largest absolute Gasteiger partial charge is 0.336 e. The molecule has 0 spiro atoms. The van der Waals surface area contributed by atoms with E-state index in [4.69, 9.17) is 11.6 Å². The Hall–Kier alpha value is -1.09. The van der Waals surface area contributed by atoms with Crippen LogP contribution in [-0.2, 0) is 0 Å². The zero-order valence-electron chi connectivity index (χ0n) is 11.8. The number of hydrogen-bond donors (Lipinski definition) is 0. The number of carbonyl (C=O) groups excluding carboxylic acids is 1. The Labute approximate surface area is 120 Å². The molecule has 1 saturated carbocycles. The third kappa shape index (κ3) is 3.27. The zero-order valence-corrected chi connectivity index (χ0v) is 12.6. The maximum absolute atomic E-state index is 12.5. The molecule has 0 aromatic carbocycles. The van der Waals surface area contributed by atoms with Crippen LogP contribution >= 0.6 is 11.6 Å². The highest BCUT2D eigenvalue weighted by molar-refractivity contribution is 6.21. The van der Waals surface area contributed by atoms with Crippen molar-refractivity contribution in [1.29, 1.82) is 0 Å². The van der Waals surface area contributed by atoms with Crippen molar-refractivity contribution in [2.24, 2.45) is 0 Å². The molecule has 1 aromatic rings. The van der Waals surface area contributed by atoms with Crippen LogP contribution in [0.1, 0.15) is 47.4 Å². The number of aryl methyl sites for hydroxylation is 2. The number of amides is 1. The first-order valence-electron chi connectivity index (χ1n) is 6.85. The normalized spacial score (nSPS) is 23.2. The van der Waals surface area contributed by atoms with Crippen molar-refractivity contribution in [1.82, 2.24) is 9.88 Å². The molecule has 1 heterocycles. The molecular weight excluding hydrogens is 260 g/mol. The van der Waals surface area contributed by atoms with Gasteiger partial charge in [0.15, 0.2) is 0 Å². The van der Waals surface area contributed by atoms with Crippen LogP contribution in [0.4, 0.5) is 0 Å². The van der Waals surface area contributed by atoms with Crippen LogP contribution in [0, 0.1) is 13.8 Å². The molecule has 3 nitrogen and oxygen atoms in total. The van der Waals surface area contributed by atoms with Crippen molar-refractivity contribution in [3.05, 3.63) is 29.1 Å². The molecule has 4 heteroatoms. The van der Waals surface area contributed by atoms with Gasteiger partial charge in [0.2, 0.25) is 0 Å². The average Bonchev–Trinajstić information content (AvgIpc) is 2.36. The topological polar surface area (TPSA) is 33.2 Å². The number of alkyl halides is 1. The average molecular weight is 281 g/mol. The Morgan fingerprint density at radius 3 is 2.63 bits per heavy atom. The second-order valence-electron chi connectivity index (χ2n) is 5.45. The highest BCUT2D eigenvalue weighted by Gasteiger charge is 2.30. The van der Waals surface area contributed by atoms with Gasteiger partial charge in [-0.05, 0) is 44.4 Å². The second-order valence-corrected chi connectivity index (χ2v) is 6.02. The minimum absolute atomic E-state index is 0.0237. The molecule has 0 aliphatic heterocycles. The first kappa shape index (κ1) is 14.3. The summed E-state index contributed by atoms with van der Waals surface area (Å²) in [6.45, 7) is 3.89. The lowest BCUT2D eigenvalue weighted by Gasteiger charge is -2.34. The quantitative estimate of drug-likeness (QED) is 0.779. The number of nitrogens with zero attached hydrogens (tertiary/aromatic N) is 2. The summed E-state index contributed by atoms with van der Waals surface area (Å²) in [5.41, 5.74) is 2.47. The molecule has 1 fully saturated rings. The van der Waals surface area contributed by atoms with Crippen LogP contribution in [0.5, 0.6) is 0 Å². The van der Waals surface area contributed by atoms with E-state index in [0.29, 0.717) is 5.69 Å². The smallest absolute Gasteiger partial charge is 0.272 e. The van der Waals surface area contributed by atoms with Crippen molar-refractivity contribution >= 4 is 17.5 Å². The summed E-state index contributed by atoms with van der Waals surface area (Å²) in [4.78, 5) is 18.6. The molecule has 2 rings (SSSR count). The van der Waals surface area contributed by atoms with Gasteiger partial charge in [-0.25, -0.2) is 4.98 Å². The zero-order chi connectivity index (χ0) is 14.0. The minimum atomic E-state index is -0.0237. The van der Waals surface area contributed by atoms with Gasteiger partial charge in [0.05, 0.1) is 5.38 Å². The van der Waals surface area contributed by atoms with E-state index < -0.39 is 0 Å². The van der Waals surface area contributed by atoms with Gasteiger partial charge in [-0.15, -0.1) is 11.6 Å². The van der Waals surface area contributed by atoms with Crippen molar-refractivity contribution in [2.45, 2.75) is 50.9 Å². The predicted octanol–water partition coefficient (Wildman–Crippen LogP) is 3.32. The number of pyridine rings is 1. The fourth-order valence-electron chi connectivity index (χ4n) is 2.78. The first-order valence-corrected chi connectivity index (χ1v) is 7.29. The number of carbonyl (C=O) groups is 1. The van der Waals surface area contributed by atoms with E-state index in [0.717, 1.165) is 36.9 Å². The van der Waals surface area contributed by atoms with Crippen LogP contribution in [-0.4, -0.2) is 34.3 Å². The van der Waals surface area contributed by atoms with E-state index in [9.17, 15) is 4.79 Å². The Kier molecular flexibility index (Phi) is 4.46. The third-order valence-electron chi connectivity index (χ3n) is 3.78. The maximum Gasteiger partial charge on any atom is 0.272 e. The van der Waals surface area contributed by atoms with Crippen LogP contribution < -0.4 is 0 Å². The second kappa shape index (κ2) is 5.91. The molecule has 104 valence electrons. The SMILES string of the molecule is Cc1cc(C)nc(C(=O)N(C)C2CCCCC2Cl)c1. The number of hydrogen-bond acceptors (Lipinski definition) is 2. The Balaban J connectivity index is 2.18. The van der Waals surface area contributed by atoms with Crippen molar-refractivity contribution in [2.75, 3.05) is 7.05 Å². The van der Waals surface area contributed by atoms with Gasteiger partial charge in [-0.2, -0.15) is 0 Å². The number of halogens is 1. The molecule has 1 amide bonds. The minimum Gasteiger partial charge on any atom is -0.336 e. The maximum atomic E-state index is 12.5. The fraction of sp³-hybridized carbons (Fsp3) is 0.600. The lowest BCUT2D eigenvalue weighted by atomic mass is 9.93. The van der Waals surface area contributed by atoms with Crippen LogP contribution in [0.25, 0.3) is 0 Å². The van der Waals surface area contributed by atoms with Crippen LogP contribution in [0.3, 0.4) is 0 Å². The molecule has 0 saturated heterocycles. The fourth-order valence-corrected chi connectivity index (χ4v) is 3.23. The van der Waals surface area contributed by atoms with E-state index in [1.807, 2.05) is 33.0 Å².